The summed E-state index contributed by atoms with van der Waals surface area (Å²) in [5, 5.41) is 9.86. The number of aliphatic carboxylic acids is 1. The minimum Gasteiger partial charge on any atom is -0.493 e. The van der Waals surface area contributed by atoms with E-state index in [1.54, 1.807) is 27.5 Å². The minimum absolute atomic E-state index is 0.120. The third kappa shape index (κ3) is 4.09. The summed E-state index contributed by atoms with van der Waals surface area (Å²) in [6.45, 7) is 0. The van der Waals surface area contributed by atoms with E-state index >= 15 is 0 Å². The van der Waals surface area contributed by atoms with Crippen LogP contribution in [0, 0.1) is 0 Å². The Kier molecular flexibility index (Phi) is 5.98. The largest absolute Gasteiger partial charge is 0.493 e. The van der Waals surface area contributed by atoms with Crippen molar-refractivity contribution in [1.29, 1.82) is 0 Å². The summed E-state index contributed by atoms with van der Waals surface area (Å²) in [5.41, 5.74) is 5.63. The molecule has 0 aliphatic heterocycles. The van der Waals surface area contributed by atoms with Gasteiger partial charge in [-0.15, -0.1) is 0 Å². The molecule has 0 saturated carbocycles. The first-order valence-electron chi connectivity index (χ1n) is 10.1. The molecule has 0 aliphatic carbocycles. The highest BCUT2D eigenvalue weighted by Crippen LogP contribution is 2.41. The van der Waals surface area contributed by atoms with Gasteiger partial charge in [-0.3, -0.25) is 4.79 Å². The molecular formula is C25H24N2O5. The maximum atomic E-state index is 10.8. The normalized spacial score (nSPS) is 10.8. The SMILES string of the molecule is COc1cc(-c2cnc3[nH]cc(-c4ccc(CCC(=O)O)cc4)c3c2)cc(OC)c1OC. The third-order valence-corrected chi connectivity index (χ3v) is 5.42. The van der Waals surface area contributed by atoms with Gasteiger partial charge in [-0.2, -0.15) is 0 Å². The molecule has 0 bridgehead atoms. The van der Waals surface area contributed by atoms with E-state index in [-0.39, 0.29) is 6.42 Å². The predicted octanol–water partition coefficient (Wildman–Crippen LogP) is 4.94. The first-order valence-corrected chi connectivity index (χ1v) is 10.1. The maximum absolute atomic E-state index is 10.8. The molecule has 2 N–H and O–H groups in total. The first-order chi connectivity index (χ1) is 15.5. The lowest BCUT2D eigenvalue weighted by Crippen LogP contribution is -1.97. The Hall–Kier alpha value is -4.00. The summed E-state index contributed by atoms with van der Waals surface area (Å²) in [6, 6.07) is 13.8. The van der Waals surface area contributed by atoms with Crippen LogP contribution in [-0.4, -0.2) is 42.4 Å². The Bertz CT molecular complexity index is 1240. The van der Waals surface area contributed by atoms with Gasteiger partial charge in [0.1, 0.15) is 5.65 Å². The minimum atomic E-state index is -0.795. The van der Waals surface area contributed by atoms with E-state index in [0.717, 1.165) is 38.9 Å². The molecule has 0 radical (unpaired) electrons. The van der Waals surface area contributed by atoms with Gasteiger partial charge >= 0.3 is 5.97 Å². The number of aryl methyl sites for hydroxylation is 1. The van der Waals surface area contributed by atoms with Crippen molar-refractivity contribution in [3.8, 4) is 39.5 Å². The molecule has 32 heavy (non-hydrogen) atoms. The van der Waals surface area contributed by atoms with E-state index in [1.165, 1.54) is 0 Å². The van der Waals surface area contributed by atoms with Crippen LogP contribution in [0.4, 0.5) is 0 Å². The Morgan fingerprint density at radius 3 is 2.22 bits per heavy atom. The number of ether oxygens (including phenoxy) is 3. The Morgan fingerprint density at radius 2 is 1.62 bits per heavy atom. The Balaban J connectivity index is 1.73. The zero-order valence-corrected chi connectivity index (χ0v) is 18.1. The number of pyridine rings is 1. The number of benzene rings is 2. The van der Waals surface area contributed by atoms with Gasteiger partial charge in [0.2, 0.25) is 5.75 Å². The number of hydrogen-bond acceptors (Lipinski definition) is 5. The lowest BCUT2D eigenvalue weighted by molar-refractivity contribution is -0.136. The predicted molar refractivity (Wildman–Crippen MR) is 123 cm³/mol. The number of carboxylic acids is 1. The standard InChI is InChI=1S/C25H24N2O5/c1-30-21-11-17(12-22(31-2)24(21)32-3)18-10-19-20(14-27-25(19)26-13-18)16-7-4-15(5-8-16)6-9-23(28)29/h4-5,7-8,10-14H,6,9H2,1-3H3,(H,26,27)(H,28,29). The molecule has 7 heteroatoms. The Morgan fingerprint density at radius 1 is 0.938 bits per heavy atom. The van der Waals surface area contributed by atoms with E-state index < -0.39 is 5.97 Å². The number of rotatable bonds is 8. The molecule has 0 fully saturated rings. The Labute approximate surface area is 185 Å². The van der Waals surface area contributed by atoms with Crippen LogP contribution >= 0.6 is 0 Å². The van der Waals surface area contributed by atoms with Crippen LogP contribution in [0.2, 0.25) is 0 Å². The number of aromatic amines is 1. The fraction of sp³-hybridized carbons (Fsp3) is 0.200. The highest BCUT2D eigenvalue weighted by atomic mass is 16.5. The molecule has 4 aromatic rings. The van der Waals surface area contributed by atoms with Gasteiger partial charge in [0.15, 0.2) is 11.5 Å². The van der Waals surface area contributed by atoms with Crippen molar-refractivity contribution in [2.45, 2.75) is 12.8 Å². The van der Waals surface area contributed by atoms with Crippen molar-refractivity contribution in [2.24, 2.45) is 0 Å². The fourth-order valence-corrected chi connectivity index (χ4v) is 3.75. The van der Waals surface area contributed by atoms with Gasteiger partial charge in [-0.05, 0) is 41.3 Å². The molecule has 4 rings (SSSR count). The summed E-state index contributed by atoms with van der Waals surface area (Å²) in [7, 11) is 4.76. The van der Waals surface area contributed by atoms with Gasteiger partial charge in [-0.1, -0.05) is 24.3 Å². The number of carbonyl (C=O) groups is 1. The lowest BCUT2D eigenvalue weighted by Gasteiger charge is -2.14. The molecule has 0 amide bonds. The molecule has 2 aromatic carbocycles. The summed E-state index contributed by atoms with van der Waals surface area (Å²) in [4.78, 5) is 18.6. The van der Waals surface area contributed by atoms with Gasteiger partial charge in [0, 0.05) is 35.3 Å². The second-order valence-corrected chi connectivity index (χ2v) is 7.33. The monoisotopic (exact) mass is 432 g/mol. The van der Waals surface area contributed by atoms with Crippen LogP contribution in [0.1, 0.15) is 12.0 Å². The van der Waals surface area contributed by atoms with Crippen molar-refractivity contribution in [3.63, 3.8) is 0 Å². The number of hydrogen-bond donors (Lipinski definition) is 2. The van der Waals surface area contributed by atoms with Gasteiger partial charge < -0.3 is 24.3 Å². The van der Waals surface area contributed by atoms with E-state index in [9.17, 15) is 4.79 Å². The number of methoxy groups -OCH3 is 3. The number of aromatic nitrogens is 2. The van der Waals surface area contributed by atoms with E-state index in [1.807, 2.05) is 42.6 Å². The zero-order valence-electron chi connectivity index (χ0n) is 18.1. The van der Waals surface area contributed by atoms with Crippen molar-refractivity contribution in [3.05, 3.63) is 60.4 Å². The van der Waals surface area contributed by atoms with Crippen molar-refractivity contribution >= 4 is 17.0 Å². The molecule has 164 valence electrons. The highest BCUT2D eigenvalue weighted by molar-refractivity contribution is 5.96. The molecule has 2 aromatic heterocycles. The molecule has 0 saturated heterocycles. The molecule has 0 atom stereocenters. The second kappa shape index (κ2) is 9.01. The molecule has 7 nitrogen and oxygen atoms in total. The van der Waals surface area contributed by atoms with Crippen molar-refractivity contribution < 1.29 is 24.1 Å². The third-order valence-electron chi connectivity index (χ3n) is 5.42. The van der Waals surface area contributed by atoms with Crippen LogP contribution in [0.15, 0.2) is 54.9 Å². The number of nitrogens with zero attached hydrogens (tertiary/aromatic N) is 1. The fourth-order valence-electron chi connectivity index (χ4n) is 3.75. The number of carboxylic acid groups (broad SMARTS) is 1. The van der Waals surface area contributed by atoms with Crippen LogP contribution in [0.5, 0.6) is 17.2 Å². The van der Waals surface area contributed by atoms with Gasteiger partial charge in [0.25, 0.3) is 0 Å². The quantitative estimate of drug-likeness (QED) is 0.410. The zero-order chi connectivity index (χ0) is 22.7. The van der Waals surface area contributed by atoms with E-state index in [4.69, 9.17) is 19.3 Å². The van der Waals surface area contributed by atoms with Crippen LogP contribution in [0.3, 0.4) is 0 Å². The van der Waals surface area contributed by atoms with Crippen LogP contribution in [-0.2, 0) is 11.2 Å². The highest BCUT2D eigenvalue weighted by Gasteiger charge is 2.16. The number of fused-ring (bicyclic) bond motifs is 1. The summed E-state index contributed by atoms with van der Waals surface area (Å²) in [6.07, 6.45) is 4.37. The van der Waals surface area contributed by atoms with E-state index in [2.05, 4.69) is 16.0 Å². The second-order valence-electron chi connectivity index (χ2n) is 7.33. The molecule has 0 aliphatic rings. The smallest absolute Gasteiger partial charge is 0.303 e. The van der Waals surface area contributed by atoms with Crippen LogP contribution < -0.4 is 14.2 Å². The summed E-state index contributed by atoms with van der Waals surface area (Å²) >= 11 is 0. The molecule has 2 heterocycles. The van der Waals surface area contributed by atoms with Crippen molar-refractivity contribution in [2.75, 3.05) is 21.3 Å². The first kappa shape index (κ1) is 21.2. The molecular weight excluding hydrogens is 408 g/mol. The van der Waals surface area contributed by atoms with Crippen LogP contribution in [0.25, 0.3) is 33.3 Å². The molecule has 0 spiro atoms. The average Bonchev–Trinajstić information content (AvgIpc) is 3.25. The average molecular weight is 432 g/mol. The topological polar surface area (TPSA) is 93.7 Å². The van der Waals surface area contributed by atoms with E-state index in [0.29, 0.717) is 23.7 Å². The summed E-state index contributed by atoms with van der Waals surface area (Å²) < 4.78 is 16.4. The number of H-pyrrole nitrogens is 1. The number of nitrogens with one attached hydrogen (secondary N) is 1. The molecule has 0 unspecified atom stereocenters. The lowest BCUT2D eigenvalue weighted by atomic mass is 10.00. The van der Waals surface area contributed by atoms with Gasteiger partial charge in [0.05, 0.1) is 21.3 Å². The summed E-state index contributed by atoms with van der Waals surface area (Å²) in [5.74, 6) is 0.899. The van der Waals surface area contributed by atoms with Crippen molar-refractivity contribution in [1.82, 2.24) is 9.97 Å². The van der Waals surface area contributed by atoms with Gasteiger partial charge in [-0.25, -0.2) is 4.98 Å². The maximum Gasteiger partial charge on any atom is 0.303 e.